The summed E-state index contributed by atoms with van der Waals surface area (Å²) >= 11 is 6.45. The lowest BCUT2D eigenvalue weighted by atomic mass is 10.1. The summed E-state index contributed by atoms with van der Waals surface area (Å²) in [5.41, 5.74) is -1.03. The van der Waals surface area contributed by atoms with Crippen LogP contribution in [0.1, 0.15) is 24.4 Å². The van der Waals surface area contributed by atoms with Crippen LogP contribution in [0.15, 0.2) is 0 Å². The van der Waals surface area contributed by atoms with Crippen LogP contribution < -0.4 is 5.32 Å². The monoisotopic (exact) mass is 291 g/mol. The maximum absolute atomic E-state index is 12.6. The Morgan fingerprint density at radius 2 is 2.33 bits per heavy atom. The molecular formula is C11H15ClFN3OS. The van der Waals surface area contributed by atoms with E-state index in [-0.39, 0.29) is 0 Å². The lowest BCUT2D eigenvalue weighted by molar-refractivity contribution is -0.118. The first-order chi connectivity index (χ1) is 8.47. The predicted octanol–water partition coefficient (Wildman–Crippen LogP) is 2.38. The minimum atomic E-state index is -2.03. The van der Waals surface area contributed by atoms with Crippen molar-refractivity contribution in [3.05, 3.63) is 10.6 Å². The molecule has 7 heteroatoms. The molecule has 0 radical (unpaired) electrons. The molecule has 0 saturated carbocycles. The number of hydrogen-bond donors (Lipinski definition) is 1. The third-order valence-electron chi connectivity index (χ3n) is 2.92. The number of alkyl halides is 2. The highest BCUT2D eigenvalue weighted by molar-refractivity contribution is 7.15. The van der Waals surface area contributed by atoms with Crippen LogP contribution in [0.4, 0.5) is 9.52 Å². The molecule has 1 aliphatic rings. The summed E-state index contributed by atoms with van der Waals surface area (Å²) in [6, 6.07) is 0.483. The van der Waals surface area contributed by atoms with E-state index in [9.17, 15) is 9.18 Å². The fraction of sp³-hybridized carbons (Fsp3) is 0.636. The number of hydrogen-bond acceptors (Lipinski definition) is 4. The van der Waals surface area contributed by atoms with Crippen molar-refractivity contribution < 1.29 is 9.18 Å². The average Bonchev–Trinajstić information content (AvgIpc) is 2.69. The first-order valence-electron chi connectivity index (χ1n) is 5.79. The lowest BCUT2D eigenvalue weighted by Crippen LogP contribution is -2.35. The maximum Gasteiger partial charge on any atom is 0.276 e. The van der Waals surface area contributed by atoms with Gasteiger partial charge in [0.2, 0.25) is 0 Å². The van der Waals surface area contributed by atoms with Gasteiger partial charge in [0, 0.05) is 30.4 Å². The van der Waals surface area contributed by atoms with Crippen LogP contribution in [0.25, 0.3) is 0 Å². The second-order valence-corrected chi connectivity index (χ2v) is 5.96. The number of nitrogens with zero attached hydrogens (tertiary/aromatic N) is 2. The van der Waals surface area contributed by atoms with Crippen molar-refractivity contribution in [2.24, 2.45) is 0 Å². The Labute approximate surface area is 114 Å². The zero-order valence-corrected chi connectivity index (χ0v) is 11.8. The molecule has 1 aromatic rings. The molecule has 2 heterocycles. The Kier molecular flexibility index (Phi) is 4.19. The molecule has 2 rings (SSSR count). The smallest absolute Gasteiger partial charge is 0.276 e. The molecule has 0 saturated heterocycles. The fourth-order valence-electron chi connectivity index (χ4n) is 1.87. The van der Waals surface area contributed by atoms with Crippen LogP contribution in [-0.2, 0) is 17.8 Å². The molecule has 18 heavy (non-hydrogen) atoms. The topological polar surface area (TPSA) is 45.2 Å². The molecule has 1 aliphatic heterocycles. The minimum Gasteiger partial charge on any atom is -0.298 e. The molecule has 0 fully saturated rings. The first-order valence-corrected chi connectivity index (χ1v) is 7.04. The van der Waals surface area contributed by atoms with E-state index < -0.39 is 11.5 Å². The zero-order chi connectivity index (χ0) is 13.3. The summed E-state index contributed by atoms with van der Waals surface area (Å²) in [5, 5.41) is 2.82. The second-order valence-electron chi connectivity index (χ2n) is 4.49. The van der Waals surface area contributed by atoms with Crippen molar-refractivity contribution in [3.8, 4) is 0 Å². The number of aromatic nitrogens is 1. The number of halogens is 2. The normalized spacial score (nSPS) is 17.6. The molecule has 1 unspecified atom stereocenters. The molecule has 0 aromatic carbocycles. The van der Waals surface area contributed by atoms with Crippen molar-refractivity contribution in [1.29, 1.82) is 0 Å². The minimum absolute atomic E-state index is 0.430. The number of carbonyl (C=O) groups excluding carboxylic acids is 1. The number of fused-ring (bicyclic) bond motifs is 1. The number of nitrogens with one attached hydrogen (secondary N) is 1. The molecule has 0 spiro atoms. The molecule has 4 nitrogen and oxygen atoms in total. The summed E-state index contributed by atoms with van der Waals surface area (Å²) in [5.74, 6) is -0.858. The molecular weight excluding hydrogens is 277 g/mol. The zero-order valence-electron chi connectivity index (χ0n) is 10.2. The van der Waals surface area contributed by atoms with Gasteiger partial charge in [-0.3, -0.25) is 15.0 Å². The Balaban J connectivity index is 2.08. The summed E-state index contributed by atoms with van der Waals surface area (Å²) in [6.45, 7) is 6.09. The van der Waals surface area contributed by atoms with Crippen molar-refractivity contribution in [3.63, 3.8) is 0 Å². The summed E-state index contributed by atoms with van der Waals surface area (Å²) < 4.78 is 12.6. The molecule has 1 atom stereocenters. The Bertz CT molecular complexity index is 449. The number of thiazole rings is 1. The summed E-state index contributed by atoms with van der Waals surface area (Å²) in [4.78, 5) is 18.9. The molecule has 1 amide bonds. The van der Waals surface area contributed by atoms with Crippen molar-refractivity contribution in [2.45, 2.75) is 38.5 Å². The van der Waals surface area contributed by atoms with Gasteiger partial charge in [0.1, 0.15) is 0 Å². The van der Waals surface area contributed by atoms with Crippen molar-refractivity contribution in [1.82, 2.24) is 9.88 Å². The highest BCUT2D eigenvalue weighted by Gasteiger charge is 2.23. The Hall–Kier alpha value is -0.720. The standard InChI is InChI=1S/C11H15ClFN3OS/c1-6(2)16-4-3-7-8(5-16)18-11(14-7)15-10(17)9(12)13/h6,9H,3-5H2,1-2H3,(H,14,15,17). The van der Waals surface area contributed by atoms with Gasteiger partial charge in [0.25, 0.3) is 11.5 Å². The van der Waals surface area contributed by atoms with Crippen LogP contribution in [0.5, 0.6) is 0 Å². The van der Waals surface area contributed by atoms with E-state index in [2.05, 4.69) is 29.0 Å². The van der Waals surface area contributed by atoms with Crippen LogP contribution in [0.2, 0.25) is 0 Å². The Morgan fingerprint density at radius 3 is 2.94 bits per heavy atom. The van der Waals surface area contributed by atoms with Gasteiger partial charge in [-0.1, -0.05) is 11.6 Å². The molecule has 1 aromatic heterocycles. The second kappa shape index (κ2) is 5.50. The van der Waals surface area contributed by atoms with Gasteiger partial charge in [0.15, 0.2) is 5.13 Å². The number of carbonyl (C=O) groups is 1. The lowest BCUT2D eigenvalue weighted by Gasteiger charge is -2.29. The van der Waals surface area contributed by atoms with Gasteiger partial charge in [-0.2, -0.15) is 0 Å². The maximum atomic E-state index is 12.6. The van der Waals surface area contributed by atoms with Crippen LogP contribution in [0, 0.1) is 0 Å². The molecule has 1 N–H and O–H groups in total. The highest BCUT2D eigenvalue weighted by Crippen LogP contribution is 2.29. The van der Waals surface area contributed by atoms with E-state index in [1.54, 1.807) is 0 Å². The first kappa shape index (κ1) is 13.7. The van der Waals surface area contributed by atoms with Gasteiger partial charge in [-0.05, 0) is 13.8 Å². The summed E-state index contributed by atoms with van der Waals surface area (Å²) in [6.07, 6.45) is 0.861. The van der Waals surface area contributed by atoms with Gasteiger partial charge in [0.05, 0.1) is 5.69 Å². The molecule has 0 bridgehead atoms. The van der Waals surface area contributed by atoms with Crippen LogP contribution >= 0.6 is 22.9 Å². The summed E-state index contributed by atoms with van der Waals surface area (Å²) in [7, 11) is 0. The quantitative estimate of drug-likeness (QED) is 0.870. The SMILES string of the molecule is CC(C)N1CCc2nc(NC(=O)C(F)Cl)sc2C1. The fourth-order valence-corrected chi connectivity index (χ4v) is 2.96. The van der Waals surface area contributed by atoms with Gasteiger partial charge < -0.3 is 0 Å². The largest absolute Gasteiger partial charge is 0.298 e. The van der Waals surface area contributed by atoms with E-state index in [1.807, 2.05) is 0 Å². The third kappa shape index (κ3) is 2.99. The highest BCUT2D eigenvalue weighted by atomic mass is 35.5. The Morgan fingerprint density at radius 1 is 1.61 bits per heavy atom. The van der Waals surface area contributed by atoms with Gasteiger partial charge in [-0.25, -0.2) is 9.37 Å². The predicted molar refractivity (Wildman–Crippen MR) is 70.7 cm³/mol. The van der Waals surface area contributed by atoms with E-state index in [0.29, 0.717) is 11.2 Å². The van der Waals surface area contributed by atoms with E-state index in [1.165, 1.54) is 11.3 Å². The van der Waals surface area contributed by atoms with E-state index in [4.69, 9.17) is 11.6 Å². The van der Waals surface area contributed by atoms with Crippen molar-refractivity contribution >= 4 is 34.0 Å². The molecule has 0 aliphatic carbocycles. The number of amides is 1. The van der Waals surface area contributed by atoms with Gasteiger partial charge in [-0.15, -0.1) is 11.3 Å². The van der Waals surface area contributed by atoms with E-state index >= 15 is 0 Å². The van der Waals surface area contributed by atoms with Crippen LogP contribution in [0.3, 0.4) is 0 Å². The number of anilines is 1. The average molecular weight is 292 g/mol. The molecule has 100 valence electrons. The van der Waals surface area contributed by atoms with Gasteiger partial charge >= 0.3 is 0 Å². The van der Waals surface area contributed by atoms with Crippen molar-refractivity contribution in [2.75, 3.05) is 11.9 Å². The third-order valence-corrected chi connectivity index (χ3v) is 4.12. The number of rotatable bonds is 3. The van der Waals surface area contributed by atoms with E-state index in [0.717, 1.165) is 30.1 Å². The van der Waals surface area contributed by atoms with Crippen LogP contribution in [-0.4, -0.2) is 34.0 Å².